The fourth-order valence-corrected chi connectivity index (χ4v) is 4.83. The highest BCUT2D eigenvalue weighted by molar-refractivity contribution is 6.02. The van der Waals surface area contributed by atoms with Crippen LogP contribution in [0, 0.1) is 0 Å². The van der Waals surface area contributed by atoms with Gasteiger partial charge in [-0.25, -0.2) is 0 Å². The topological polar surface area (TPSA) is 0 Å². The molecule has 0 nitrogen and oxygen atoms in total. The third-order valence-corrected chi connectivity index (χ3v) is 6.01. The predicted octanol–water partition coefficient (Wildman–Crippen LogP) is 5.91. The van der Waals surface area contributed by atoms with Crippen LogP contribution in [-0.4, -0.2) is 0 Å². The first kappa shape index (κ1) is 13.4. The molecule has 0 fully saturated rings. The third kappa shape index (κ3) is 1.83. The monoisotopic (exact) mass is 318 g/mol. The van der Waals surface area contributed by atoms with Crippen LogP contribution in [0.2, 0.25) is 0 Å². The summed E-state index contributed by atoms with van der Waals surface area (Å²) in [5, 5.41) is 2.76. The van der Waals surface area contributed by atoms with Gasteiger partial charge in [-0.3, -0.25) is 0 Å². The van der Waals surface area contributed by atoms with E-state index in [1.54, 1.807) is 5.56 Å². The van der Waals surface area contributed by atoms with Gasteiger partial charge < -0.3 is 0 Å². The summed E-state index contributed by atoms with van der Waals surface area (Å²) in [7, 11) is 0. The minimum atomic E-state index is 1.07. The predicted molar refractivity (Wildman–Crippen MR) is 104 cm³/mol. The van der Waals surface area contributed by atoms with E-state index >= 15 is 0 Å². The zero-order valence-corrected chi connectivity index (χ0v) is 14.0. The van der Waals surface area contributed by atoms with E-state index < -0.39 is 0 Å². The second-order valence-corrected chi connectivity index (χ2v) is 7.36. The van der Waals surface area contributed by atoms with Crippen LogP contribution in [0.25, 0.3) is 21.9 Å². The van der Waals surface area contributed by atoms with Crippen molar-refractivity contribution in [1.29, 1.82) is 0 Å². The fourth-order valence-electron chi connectivity index (χ4n) is 4.83. The maximum Gasteiger partial charge on any atom is -0.00131 e. The van der Waals surface area contributed by atoms with Crippen molar-refractivity contribution >= 4 is 10.8 Å². The van der Waals surface area contributed by atoms with Crippen molar-refractivity contribution in [3.8, 4) is 11.1 Å². The largest absolute Gasteiger partial charge is 0.0620 e. The van der Waals surface area contributed by atoms with Crippen molar-refractivity contribution in [2.24, 2.45) is 0 Å². The first-order valence-electron chi connectivity index (χ1n) is 9.10. The van der Waals surface area contributed by atoms with Gasteiger partial charge >= 0.3 is 0 Å². The maximum absolute atomic E-state index is 2.37. The van der Waals surface area contributed by atoms with Gasteiger partial charge in [0.05, 0.1) is 0 Å². The molecule has 25 heavy (non-hydrogen) atoms. The van der Waals surface area contributed by atoms with Crippen LogP contribution in [-0.2, 0) is 19.3 Å². The zero-order valence-electron chi connectivity index (χ0n) is 14.0. The molecule has 0 saturated heterocycles. The van der Waals surface area contributed by atoms with Crippen LogP contribution in [0.1, 0.15) is 33.4 Å². The second kappa shape index (κ2) is 4.83. The van der Waals surface area contributed by atoms with Gasteiger partial charge in [0.25, 0.3) is 0 Å². The Morgan fingerprint density at radius 1 is 0.440 bits per heavy atom. The average molecular weight is 318 g/mol. The summed E-state index contributed by atoms with van der Waals surface area (Å²) in [6.07, 6.45) is 3.21. The summed E-state index contributed by atoms with van der Waals surface area (Å²) >= 11 is 0. The molecule has 0 heterocycles. The van der Waals surface area contributed by atoms with E-state index in [0.717, 1.165) is 19.3 Å². The Balaban J connectivity index is 1.66. The Morgan fingerprint density at radius 2 is 1.08 bits per heavy atom. The smallest absolute Gasteiger partial charge is 0.00131 e. The van der Waals surface area contributed by atoms with Gasteiger partial charge in [-0.1, -0.05) is 72.8 Å². The molecule has 0 saturated carbocycles. The number of rotatable bonds is 0. The molecular weight excluding hydrogens is 300 g/mol. The van der Waals surface area contributed by atoms with Crippen molar-refractivity contribution in [3.63, 3.8) is 0 Å². The molecule has 0 amide bonds. The van der Waals surface area contributed by atoms with E-state index in [4.69, 9.17) is 0 Å². The minimum absolute atomic E-state index is 1.07. The quantitative estimate of drug-likeness (QED) is 0.327. The molecule has 4 aromatic carbocycles. The first-order chi connectivity index (χ1) is 12.4. The van der Waals surface area contributed by atoms with E-state index in [9.17, 15) is 0 Å². The Bertz CT molecular complexity index is 1160. The highest BCUT2D eigenvalue weighted by Gasteiger charge is 2.27. The van der Waals surface area contributed by atoms with E-state index in [1.165, 1.54) is 49.7 Å². The summed E-state index contributed by atoms with van der Waals surface area (Å²) in [4.78, 5) is 0. The number of hydrogen-bond donors (Lipinski definition) is 0. The van der Waals surface area contributed by atoms with Crippen LogP contribution in [0.4, 0.5) is 0 Å². The summed E-state index contributed by atoms with van der Waals surface area (Å²) in [6, 6.07) is 27.1. The molecule has 0 aliphatic heterocycles. The Labute approximate surface area is 147 Å². The van der Waals surface area contributed by atoms with Crippen molar-refractivity contribution in [2.75, 3.05) is 0 Å². The van der Waals surface area contributed by atoms with Gasteiger partial charge in [0, 0.05) is 0 Å². The Morgan fingerprint density at radius 3 is 2.00 bits per heavy atom. The lowest BCUT2D eigenvalue weighted by molar-refractivity contribution is 1.00. The molecular formula is C25H18. The van der Waals surface area contributed by atoms with Crippen LogP contribution in [0.3, 0.4) is 0 Å². The summed E-state index contributed by atoms with van der Waals surface area (Å²) < 4.78 is 0. The highest BCUT2D eigenvalue weighted by atomic mass is 14.3. The fraction of sp³-hybridized carbons (Fsp3) is 0.120. The van der Waals surface area contributed by atoms with Crippen molar-refractivity contribution < 1.29 is 0 Å². The molecule has 0 bridgehead atoms. The van der Waals surface area contributed by atoms with Gasteiger partial charge in [-0.15, -0.1) is 0 Å². The molecule has 118 valence electrons. The highest BCUT2D eigenvalue weighted by Crippen LogP contribution is 2.46. The lowest BCUT2D eigenvalue weighted by atomic mass is 9.81. The van der Waals surface area contributed by atoms with E-state index in [0.29, 0.717) is 0 Å². The molecule has 0 N–H and O–H groups in total. The molecule has 2 aliphatic rings. The van der Waals surface area contributed by atoms with Crippen molar-refractivity contribution in [3.05, 3.63) is 106 Å². The standard InChI is InChI=1S/C25H18/c1-2-7-18-15-23-19(13-17(18)6-1)10-12-21-14-20-11-9-16-5-3-4-8-22(16)24(20)25(21)23/h1-12H,13-15H2. The molecule has 4 aromatic rings. The number of hydrogen-bond acceptors (Lipinski definition) is 0. The van der Waals surface area contributed by atoms with Crippen LogP contribution in [0.15, 0.2) is 72.8 Å². The average Bonchev–Trinajstić information content (AvgIpc) is 3.06. The van der Waals surface area contributed by atoms with Crippen molar-refractivity contribution in [2.45, 2.75) is 19.3 Å². The summed E-state index contributed by atoms with van der Waals surface area (Å²) in [6.45, 7) is 0. The molecule has 0 radical (unpaired) electrons. The van der Waals surface area contributed by atoms with Gasteiger partial charge in [0.2, 0.25) is 0 Å². The number of benzene rings is 4. The zero-order chi connectivity index (χ0) is 16.4. The molecule has 6 rings (SSSR count). The maximum atomic E-state index is 2.37. The Hall–Kier alpha value is -2.86. The van der Waals surface area contributed by atoms with Gasteiger partial charge in [0.15, 0.2) is 0 Å². The lowest BCUT2D eigenvalue weighted by Crippen LogP contribution is -2.09. The SMILES string of the molecule is c1ccc2c(c1)Cc1ccc3c(c1C2)-c1c(ccc2ccccc12)C3. The minimum Gasteiger partial charge on any atom is -0.0620 e. The lowest BCUT2D eigenvalue weighted by Gasteiger charge is -2.23. The molecule has 0 heteroatoms. The van der Waals surface area contributed by atoms with E-state index in [1.807, 2.05) is 0 Å². The first-order valence-corrected chi connectivity index (χ1v) is 9.10. The molecule has 0 aromatic heterocycles. The van der Waals surface area contributed by atoms with Gasteiger partial charge in [-0.05, 0) is 74.5 Å². The van der Waals surface area contributed by atoms with Gasteiger partial charge in [0.1, 0.15) is 0 Å². The normalized spacial score (nSPS) is 13.9. The molecule has 0 spiro atoms. The van der Waals surface area contributed by atoms with Crippen molar-refractivity contribution in [1.82, 2.24) is 0 Å². The number of fused-ring (bicyclic) bond motifs is 8. The van der Waals surface area contributed by atoms with E-state index in [-0.39, 0.29) is 0 Å². The van der Waals surface area contributed by atoms with Gasteiger partial charge in [-0.2, -0.15) is 0 Å². The second-order valence-electron chi connectivity index (χ2n) is 7.36. The van der Waals surface area contributed by atoms with Crippen LogP contribution in [0.5, 0.6) is 0 Å². The Kier molecular flexibility index (Phi) is 2.59. The molecule has 2 aliphatic carbocycles. The summed E-state index contributed by atoms with van der Waals surface area (Å²) in [5.74, 6) is 0. The van der Waals surface area contributed by atoms with Crippen LogP contribution >= 0.6 is 0 Å². The van der Waals surface area contributed by atoms with Crippen LogP contribution < -0.4 is 0 Å². The molecule has 0 atom stereocenters. The molecule has 0 unspecified atom stereocenters. The third-order valence-electron chi connectivity index (χ3n) is 6.01. The summed E-state index contributed by atoms with van der Waals surface area (Å²) in [5.41, 5.74) is 12.1. The van der Waals surface area contributed by atoms with E-state index in [2.05, 4.69) is 72.8 Å².